The molecule has 4 rings (SSSR count). The molecule has 3 aromatic carbocycles. The van der Waals surface area contributed by atoms with Crippen molar-refractivity contribution in [1.29, 1.82) is 0 Å². The molecule has 1 nitrogen and oxygen atoms in total. The average molecular weight is 292 g/mol. The standard InChI is InChI=1S/C18H11N.V/c1-2-7-13(8-3-1)14-10-6-12-17-18(14)15-9-4-5-11-16(15)19-17;/h1-7,9,11-12,19H;/q-2;+2. The number of aromatic nitrogens is 1. The summed E-state index contributed by atoms with van der Waals surface area (Å²) in [6.07, 6.45) is 0. The van der Waals surface area contributed by atoms with Crippen molar-refractivity contribution in [3.05, 3.63) is 72.8 Å². The fraction of sp³-hybridized carbons (Fsp3) is 0. The summed E-state index contributed by atoms with van der Waals surface area (Å²) in [4.78, 5) is 3.45. The summed E-state index contributed by atoms with van der Waals surface area (Å²) in [5, 5.41) is 2.46. The van der Waals surface area contributed by atoms with E-state index in [0.29, 0.717) is 0 Å². The van der Waals surface area contributed by atoms with Crippen LogP contribution in [0.3, 0.4) is 0 Å². The summed E-state index contributed by atoms with van der Waals surface area (Å²) in [7, 11) is 0. The van der Waals surface area contributed by atoms with Gasteiger partial charge in [0.2, 0.25) is 0 Å². The van der Waals surface area contributed by atoms with Crippen molar-refractivity contribution in [2.45, 2.75) is 0 Å². The SMILES string of the molecule is [V+2].[c-]1ccccc1-c1[c-]ccc2[nH]c3ccccc3c12. The molecule has 0 saturated carbocycles. The number of para-hydroxylation sites is 1. The third kappa shape index (κ3) is 1.96. The van der Waals surface area contributed by atoms with E-state index >= 15 is 0 Å². The number of aromatic amines is 1. The summed E-state index contributed by atoms with van der Waals surface area (Å²) in [5.41, 5.74) is 4.50. The molecule has 20 heavy (non-hydrogen) atoms. The van der Waals surface area contributed by atoms with Crippen LogP contribution in [0.25, 0.3) is 32.9 Å². The molecule has 1 radical (unpaired) electrons. The summed E-state index contributed by atoms with van der Waals surface area (Å²) in [5.74, 6) is 0. The Morgan fingerprint density at radius 2 is 1.60 bits per heavy atom. The molecule has 1 N–H and O–H groups in total. The number of fused-ring (bicyclic) bond motifs is 3. The van der Waals surface area contributed by atoms with E-state index in [4.69, 9.17) is 0 Å². The maximum atomic E-state index is 3.45. The molecule has 1 heterocycles. The van der Waals surface area contributed by atoms with Gasteiger partial charge in [0.1, 0.15) is 0 Å². The smallest absolute Gasteiger partial charge is 0.373 e. The van der Waals surface area contributed by atoms with Crippen LogP contribution in [0.15, 0.2) is 60.7 Å². The van der Waals surface area contributed by atoms with Crippen LogP contribution in [0.1, 0.15) is 0 Å². The van der Waals surface area contributed by atoms with Crippen LogP contribution < -0.4 is 0 Å². The number of nitrogens with one attached hydrogen (secondary N) is 1. The predicted octanol–water partition coefficient (Wildman–Crippen LogP) is 4.59. The predicted molar refractivity (Wildman–Crippen MR) is 78.9 cm³/mol. The first-order valence-corrected chi connectivity index (χ1v) is 6.32. The van der Waals surface area contributed by atoms with Crippen LogP contribution in [-0.2, 0) is 18.6 Å². The minimum Gasteiger partial charge on any atom is -0.373 e. The fourth-order valence-electron chi connectivity index (χ4n) is 2.60. The third-order valence-corrected chi connectivity index (χ3v) is 3.44. The minimum atomic E-state index is 0. The second-order valence-electron chi connectivity index (χ2n) is 4.59. The number of hydrogen-bond donors (Lipinski definition) is 1. The molecular formula is C18H11NV. The average Bonchev–Trinajstić information content (AvgIpc) is 2.86. The van der Waals surface area contributed by atoms with Crippen LogP contribution in [0.4, 0.5) is 0 Å². The second kappa shape index (κ2) is 5.20. The molecule has 0 fully saturated rings. The van der Waals surface area contributed by atoms with Crippen LogP contribution in [0.5, 0.6) is 0 Å². The molecule has 4 aromatic rings. The maximum Gasteiger partial charge on any atom is 2.00 e. The monoisotopic (exact) mass is 292 g/mol. The summed E-state index contributed by atoms with van der Waals surface area (Å²) in [6.45, 7) is 0. The Kier molecular flexibility index (Phi) is 3.39. The second-order valence-corrected chi connectivity index (χ2v) is 4.59. The van der Waals surface area contributed by atoms with Gasteiger partial charge in [-0.25, -0.2) is 11.1 Å². The Balaban J connectivity index is 0.00000121. The number of benzene rings is 3. The van der Waals surface area contributed by atoms with Crippen molar-refractivity contribution in [3.63, 3.8) is 0 Å². The molecule has 0 aliphatic rings. The first kappa shape index (κ1) is 13.0. The zero-order valence-corrected chi connectivity index (χ0v) is 12.1. The van der Waals surface area contributed by atoms with Gasteiger partial charge in [-0.1, -0.05) is 18.2 Å². The molecule has 1 aromatic heterocycles. The van der Waals surface area contributed by atoms with Crippen LogP contribution in [0.2, 0.25) is 0 Å². The van der Waals surface area contributed by atoms with Crippen LogP contribution >= 0.6 is 0 Å². The van der Waals surface area contributed by atoms with E-state index in [9.17, 15) is 0 Å². The molecule has 0 spiro atoms. The maximum absolute atomic E-state index is 3.45. The van der Waals surface area contributed by atoms with Gasteiger partial charge < -0.3 is 4.98 Å². The molecule has 0 saturated heterocycles. The number of hydrogen-bond acceptors (Lipinski definition) is 0. The van der Waals surface area contributed by atoms with Gasteiger partial charge in [-0.05, 0) is 17.0 Å². The zero-order valence-electron chi connectivity index (χ0n) is 10.7. The van der Waals surface area contributed by atoms with Crippen molar-refractivity contribution in [2.75, 3.05) is 0 Å². The van der Waals surface area contributed by atoms with Crippen LogP contribution in [-0.4, -0.2) is 4.98 Å². The molecule has 0 aliphatic carbocycles. The van der Waals surface area contributed by atoms with E-state index in [2.05, 4.69) is 53.5 Å². The molecule has 0 amide bonds. The van der Waals surface area contributed by atoms with E-state index < -0.39 is 0 Å². The molecular weight excluding hydrogens is 281 g/mol. The third-order valence-electron chi connectivity index (χ3n) is 3.44. The molecule has 2 heteroatoms. The van der Waals surface area contributed by atoms with Gasteiger partial charge in [-0.15, -0.1) is 17.5 Å². The van der Waals surface area contributed by atoms with Gasteiger partial charge in [0.05, 0.1) is 0 Å². The number of H-pyrrole nitrogens is 1. The van der Waals surface area contributed by atoms with Gasteiger partial charge in [0.15, 0.2) is 0 Å². The van der Waals surface area contributed by atoms with Crippen molar-refractivity contribution in [1.82, 2.24) is 4.98 Å². The van der Waals surface area contributed by atoms with Gasteiger partial charge in [-0.3, -0.25) is 0 Å². The van der Waals surface area contributed by atoms with Crippen molar-refractivity contribution in [2.24, 2.45) is 0 Å². The van der Waals surface area contributed by atoms with Crippen molar-refractivity contribution < 1.29 is 18.6 Å². The first-order chi connectivity index (χ1) is 9.43. The van der Waals surface area contributed by atoms with E-state index in [1.54, 1.807) is 0 Å². The van der Waals surface area contributed by atoms with Gasteiger partial charge in [-0.2, -0.15) is 36.4 Å². The quantitative estimate of drug-likeness (QED) is 0.494. The van der Waals surface area contributed by atoms with E-state index in [0.717, 1.165) is 22.2 Å². The topological polar surface area (TPSA) is 15.8 Å². The summed E-state index contributed by atoms with van der Waals surface area (Å²) >= 11 is 0. The van der Waals surface area contributed by atoms with Gasteiger partial charge in [0.25, 0.3) is 0 Å². The molecule has 0 atom stereocenters. The first-order valence-electron chi connectivity index (χ1n) is 6.32. The summed E-state index contributed by atoms with van der Waals surface area (Å²) < 4.78 is 0. The van der Waals surface area contributed by atoms with Crippen molar-refractivity contribution in [3.8, 4) is 11.1 Å². The Bertz CT molecular complexity index is 862. The minimum absolute atomic E-state index is 0. The Labute approximate surface area is 129 Å². The van der Waals surface area contributed by atoms with Gasteiger partial charge >= 0.3 is 18.6 Å². The molecule has 0 bridgehead atoms. The Morgan fingerprint density at radius 3 is 2.45 bits per heavy atom. The molecule has 0 unspecified atom stereocenters. The zero-order chi connectivity index (χ0) is 12.7. The van der Waals surface area contributed by atoms with E-state index in [1.807, 2.05) is 24.3 Å². The molecule has 0 aliphatic heterocycles. The largest absolute Gasteiger partial charge is 2.00 e. The fourth-order valence-corrected chi connectivity index (χ4v) is 2.60. The Hall–Kier alpha value is -1.96. The normalized spacial score (nSPS) is 10.6. The summed E-state index contributed by atoms with van der Waals surface area (Å²) in [6, 6.07) is 27.1. The number of rotatable bonds is 1. The van der Waals surface area contributed by atoms with E-state index in [1.165, 1.54) is 10.8 Å². The van der Waals surface area contributed by atoms with Crippen molar-refractivity contribution >= 4 is 21.8 Å². The Morgan fingerprint density at radius 1 is 0.750 bits per heavy atom. The van der Waals surface area contributed by atoms with Crippen LogP contribution in [0, 0.1) is 12.1 Å². The molecule has 93 valence electrons. The van der Waals surface area contributed by atoms with E-state index in [-0.39, 0.29) is 18.6 Å². The van der Waals surface area contributed by atoms with Gasteiger partial charge in [0, 0.05) is 5.52 Å².